The second-order valence-electron chi connectivity index (χ2n) is 8.59. The maximum Gasteiger partial charge on any atom is 0.241 e. The molecule has 1 amide bonds. The average Bonchev–Trinajstić information content (AvgIpc) is 2.78. The third-order valence-electron chi connectivity index (χ3n) is 5.74. The van der Waals surface area contributed by atoms with Crippen LogP contribution in [0.3, 0.4) is 0 Å². The summed E-state index contributed by atoms with van der Waals surface area (Å²) < 4.78 is 29.5. The van der Waals surface area contributed by atoms with Gasteiger partial charge in [-0.2, -0.15) is 4.72 Å². The number of amides is 1. The highest BCUT2D eigenvalue weighted by molar-refractivity contribution is 7.98. The summed E-state index contributed by atoms with van der Waals surface area (Å²) in [7, 11) is -3.93. The van der Waals surface area contributed by atoms with E-state index in [1.54, 1.807) is 25.6 Å². The van der Waals surface area contributed by atoms with E-state index in [0.717, 1.165) is 21.6 Å². The van der Waals surface area contributed by atoms with Crippen LogP contribution in [0, 0.1) is 20.8 Å². The predicted octanol–water partition coefficient (Wildman–Crippen LogP) is 5.10. The molecule has 3 rings (SSSR count). The van der Waals surface area contributed by atoms with Crippen molar-refractivity contribution < 1.29 is 13.2 Å². The monoisotopic (exact) mass is 496 g/mol. The fourth-order valence-corrected chi connectivity index (χ4v) is 6.22. The number of carbonyl (C=O) groups is 1. The molecular formula is C27H32N2O3S2. The van der Waals surface area contributed by atoms with E-state index in [2.05, 4.69) is 10.0 Å². The van der Waals surface area contributed by atoms with Crippen molar-refractivity contribution in [1.82, 2.24) is 10.0 Å². The Morgan fingerprint density at radius 1 is 0.941 bits per heavy atom. The Bertz CT molecular complexity index is 1220. The van der Waals surface area contributed by atoms with Crippen molar-refractivity contribution in [3.8, 4) is 0 Å². The number of carbonyl (C=O) groups excluding carboxylic acids is 1. The summed E-state index contributed by atoms with van der Waals surface area (Å²) >= 11 is 1.65. The zero-order chi connectivity index (χ0) is 24.9. The minimum atomic E-state index is -3.93. The van der Waals surface area contributed by atoms with Crippen LogP contribution in [0.5, 0.6) is 0 Å². The Morgan fingerprint density at radius 3 is 2.09 bits per heavy atom. The number of thioether (sulfide) groups is 1. The van der Waals surface area contributed by atoms with E-state index in [1.807, 2.05) is 86.8 Å². The number of hydrogen-bond acceptors (Lipinski definition) is 4. The van der Waals surface area contributed by atoms with Crippen LogP contribution in [0.2, 0.25) is 0 Å². The quantitative estimate of drug-likeness (QED) is 0.404. The molecule has 3 aromatic rings. The predicted molar refractivity (Wildman–Crippen MR) is 140 cm³/mol. The Labute approximate surface area is 207 Å². The van der Waals surface area contributed by atoms with Crippen molar-refractivity contribution in [1.29, 1.82) is 0 Å². The summed E-state index contributed by atoms with van der Waals surface area (Å²) in [5.74, 6) is -0.365. The molecule has 5 nitrogen and oxygen atoms in total. The van der Waals surface area contributed by atoms with E-state index in [9.17, 15) is 13.2 Å². The first-order chi connectivity index (χ1) is 16.1. The maximum atomic E-state index is 13.4. The zero-order valence-corrected chi connectivity index (χ0v) is 21.9. The fraction of sp³-hybridized carbons (Fsp3) is 0.296. The minimum Gasteiger partial charge on any atom is -0.348 e. The van der Waals surface area contributed by atoms with E-state index in [4.69, 9.17) is 0 Å². The first-order valence-electron chi connectivity index (χ1n) is 11.2. The van der Waals surface area contributed by atoms with Gasteiger partial charge in [-0.1, -0.05) is 60.2 Å². The second-order valence-corrected chi connectivity index (χ2v) is 11.1. The smallest absolute Gasteiger partial charge is 0.241 e. The molecule has 0 saturated carbocycles. The standard InChI is InChI=1S/C27H32N2O3S2/c1-18-15-19(2)26(20(3)16-18)34(31,32)29-25(17-22-9-7-6-8-10-22)27(30)28-21(4)23-11-13-24(33-5)14-12-23/h6-16,21,25,29H,17H2,1-5H3,(H,28,30)/t21-,25+/m1/s1. The molecule has 0 bridgehead atoms. The average molecular weight is 497 g/mol. The molecule has 0 fully saturated rings. The molecule has 0 aliphatic heterocycles. The highest BCUT2D eigenvalue weighted by atomic mass is 32.2. The molecule has 7 heteroatoms. The van der Waals surface area contributed by atoms with Crippen LogP contribution in [0.15, 0.2) is 76.5 Å². The lowest BCUT2D eigenvalue weighted by atomic mass is 10.0. The van der Waals surface area contributed by atoms with Gasteiger partial charge in [-0.25, -0.2) is 8.42 Å². The van der Waals surface area contributed by atoms with Crippen molar-refractivity contribution in [2.24, 2.45) is 0 Å². The molecule has 0 unspecified atom stereocenters. The number of sulfonamides is 1. The largest absolute Gasteiger partial charge is 0.348 e. The topological polar surface area (TPSA) is 75.3 Å². The lowest BCUT2D eigenvalue weighted by Gasteiger charge is -2.23. The van der Waals surface area contributed by atoms with Gasteiger partial charge in [-0.15, -0.1) is 11.8 Å². The SMILES string of the molecule is CSc1ccc([C@@H](C)NC(=O)[C@H](Cc2ccccc2)NS(=O)(=O)c2c(C)cc(C)cc2C)cc1. The van der Waals surface area contributed by atoms with E-state index in [-0.39, 0.29) is 23.3 Å². The molecule has 2 N–H and O–H groups in total. The molecule has 0 aliphatic rings. The molecule has 180 valence electrons. The molecule has 0 heterocycles. The molecule has 0 aromatic heterocycles. The van der Waals surface area contributed by atoms with Gasteiger partial charge in [0.05, 0.1) is 10.9 Å². The normalized spacial score (nSPS) is 13.3. The van der Waals surface area contributed by atoms with Crippen molar-refractivity contribution >= 4 is 27.7 Å². The van der Waals surface area contributed by atoms with Gasteiger partial charge in [0.25, 0.3) is 0 Å². The summed E-state index contributed by atoms with van der Waals surface area (Å²) in [6, 6.07) is 19.9. The van der Waals surface area contributed by atoms with E-state index in [0.29, 0.717) is 11.1 Å². The summed E-state index contributed by atoms with van der Waals surface area (Å²) in [6.07, 6.45) is 2.26. The van der Waals surface area contributed by atoms with Crippen LogP contribution in [0.25, 0.3) is 0 Å². The Balaban J connectivity index is 1.88. The molecule has 2 atom stereocenters. The van der Waals surface area contributed by atoms with Crippen LogP contribution < -0.4 is 10.0 Å². The summed E-state index contributed by atoms with van der Waals surface area (Å²) in [5.41, 5.74) is 4.14. The van der Waals surface area contributed by atoms with Gasteiger partial charge in [-0.05, 0) is 74.8 Å². The summed E-state index contributed by atoms with van der Waals surface area (Å²) in [4.78, 5) is 14.7. The third-order valence-corrected chi connectivity index (χ3v) is 8.26. The highest BCUT2D eigenvalue weighted by Crippen LogP contribution is 2.23. The summed E-state index contributed by atoms with van der Waals surface area (Å²) in [6.45, 7) is 7.39. The van der Waals surface area contributed by atoms with Crippen LogP contribution in [0.4, 0.5) is 0 Å². The third kappa shape index (κ3) is 6.50. The first-order valence-corrected chi connectivity index (χ1v) is 13.9. The van der Waals surface area contributed by atoms with Gasteiger partial charge in [0.15, 0.2) is 0 Å². The van der Waals surface area contributed by atoms with Gasteiger partial charge in [-0.3, -0.25) is 4.79 Å². The van der Waals surface area contributed by atoms with Gasteiger partial charge in [0, 0.05) is 4.90 Å². The number of nitrogens with one attached hydrogen (secondary N) is 2. The molecule has 0 aliphatic carbocycles. The summed E-state index contributed by atoms with van der Waals surface area (Å²) in [5, 5.41) is 2.99. The zero-order valence-electron chi connectivity index (χ0n) is 20.3. The van der Waals surface area contributed by atoms with E-state index in [1.165, 1.54) is 0 Å². The van der Waals surface area contributed by atoms with Crippen LogP contribution >= 0.6 is 11.8 Å². The van der Waals surface area contributed by atoms with Gasteiger partial charge >= 0.3 is 0 Å². The highest BCUT2D eigenvalue weighted by Gasteiger charge is 2.29. The molecule has 0 radical (unpaired) electrons. The van der Waals surface area contributed by atoms with Crippen molar-refractivity contribution in [2.75, 3.05) is 6.26 Å². The molecule has 0 spiro atoms. The number of rotatable bonds is 9. The van der Waals surface area contributed by atoms with Gasteiger partial charge < -0.3 is 5.32 Å². The van der Waals surface area contributed by atoms with Crippen LogP contribution in [-0.2, 0) is 21.2 Å². The lowest BCUT2D eigenvalue weighted by Crippen LogP contribution is -2.48. The molecule has 3 aromatic carbocycles. The second kappa shape index (κ2) is 11.2. The Kier molecular flexibility index (Phi) is 8.57. The van der Waals surface area contributed by atoms with Crippen molar-refractivity contribution in [2.45, 2.75) is 56.0 Å². The molecule has 34 heavy (non-hydrogen) atoms. The van der Waals surface area contributed by atoms with E-state index >= 15 is 0 Å². The van der Waals surface area contributed by atoms with E-state index < -0.39 is 16.1 Å². The first kappa shape index (κ1) is 26.0. The Morgan fingerprint density at radius 2 is 1.53 bits per heavy atom. The minimum absolute atomic E-state index is 0.227. The van der Waals surface area contributed by atoms with Crippen molar-refractivity contribution in [3.05, 3.63) is 94.5 Å². The maximum absolute atomic E-state index is 13.4. The number of aryl methyl sites for hydroxylation is 3. The fourth-order valence-electron chi connectivity index (χ4n) is 4.16. The molecular weight excluding hydrogens is 464 g/mol. The van der Waals surface area contributed by atoms with Gasteiger partial charge in [0.2, 0.25) is 15.9 Å². The van der Waals surface area contributed by atoms with Crippen LogP contribution in [0.1, 0.15) is 40.8 Å². The Hall–Kier alpha value is -2.61. The molecule has 0 saturated heterocycles. The number of benzene rings is 3. The number of hydrogen-bond donors (Lipinski definition) is 2. The lowest BCUT2D eigenvalue weighted by molar-refractivity contribution is -0.123. The van der Waals surface area contributed by atoms with Gasteiger partial charge in [0.1, 0.15) is 6.04 Å². The van der Waals surface area contributed by atoms with Crippen molar-refractivity contribution in [3.63, 3.8) is 0 Å². The van der Waals surface area contributed by atoms with Crippen LogP contribution in [-0.4, -0.2) is 26.6 Å².